The SMILES string of the molecule is CC/C=C\C/C=C\C/C=C\C/C=C\CCCCCCCCC(=O)OCC(COP(=O)(O)OCC(O)COP(=O)(O)OCC(COC(=O)CCCCCC/C=C\C/C=C\C/C=C\C/C=C\CC)OC(=O)CCCCCCC/C=C\CCCC)OC(=O)CCCCCCC/C=C\CCCC. The topological polar surface area (TPSA) is 237 Å². The summed E-state index contributed by atoms with van der Waals surface area (Å²) in [4.78, 5) is 72.7. The van der Waals surface area contributed by atoms with Crippen LogP contribution in [0.15, 0.2) is 122 Å². The van der Waals surface area contributed by atoms with Gasteiger partial charge in [-0.05, 0) is 141 Å². The monoisotopic (exact) mass is 1420 g/mol. The van der Waals surface area contributed by atoms with Crippen molar-refractivity contribution in [3.8, 4) is 0 Å². The van der Waals surface area contributed by atoms with Crippen molar-refractivity contribution in [2.75, 3.05) is 39.6 Å². The third-order valence-electron chi connectivity index (χ3n) is 15.4. The van der Waals surface area contributed by atoms with Gasteiger partial charge in [-0.25, -0.2) is 9.13 Å². The second kappa shape index (κ2) is 70.9. The van der Waals surface area contributed by atoms with Crippen molar-refractivity contribution >= 4 is 39.5 Å². The molecule has 5 unspecified atom stereocenters. The number of hydrogen-bond donors (Lipinski definition) is 3. The van der Waals surface area contributed by atoms with Crippen molar-refractivity contribution in [3.63, 3.8) is 0 Å². The maximum Gasteiger partial charge on any atom is 0.472 e. The van der Waals surface area contributed by atoms with E-state index in [2.05, 4.69) is 149 Å². The Bertz CT molecular complexity index is 2340. The second-order valence-corrected chi connectivity index (χ2v) is 27.7. The van der Waals surface area contributed by atoms with Crippen LogP contribution >= 0.6 is 15.6 Å². The molecule has 0 aromatic heterocycles. The number of hydrogen-bond acceptors (Lipinski definition) is 15. The molecule has 0 radical (unpaired) electrons. The number of phosphoric acid groups is 2. The van der Waals surface area contributed by atoms with E-state index in [4.69, 9.17) is 37.0 Å². The molecular weight excluding hydrogens is 1280 g/mol. The predicted molar refractivity (Wildman–Crippen MR) is 399 cm³/mol. The minimum Gasteiger partial charge on any atom is -0.462 e. The van der Waals surface area contributed by atoms with Crippen LogP contribution in [0.5, 0.6) is 0 Å². The minimum absolute atomic E-state index is 0.0767. The fourth-order valence-corrected chi connectivity index (χ4v) is 11.2. The van der Waals surface area contributed by atoms with Crippen LogP contribution < -0.4 is 0 Å². The Morgan fingerprint density at radius 2 is 0.531 bits per heavy atom. The zero-order valence-electron chi connectivity index (χ0n) is 61.2. The molecule has 0 heterocycles. The first-order valence-electron chi connectivity index (χ1n) is 37.8. The molecule has 98 heavy (non-hydrogen) atoms. The Balaban J connectivity index is 5.31. The van der Waals surface area contributed by atoms with Crippen LogP contribution in [0.2, 0.25) is 0 Å². The number of aliphatic hydroxyl groups excluding tert-OH is 1. The van der Waals surface area contributed by atoms with Crippen LogP contribution in [0.25, 0.3) is 0 Å². The summed E-state index contributed by atoms with van der Waals surface area (Å²) in [5.41, 5.74) is 0. The predicted octanol–water partition coefficient (Wildman–Crippen LogP) is 21.6. The first-order chi connectivity index (χ1) is 47.7. The smallest absolute Gasteiger partial charge is 0.462 e. The number of phosphoric ester groups is 2. The average Bonchev–Trinajstić information content (AvgIpc) is 1.03. The number of carbonyl (C=O) groups excluding carboxylic acids is 4. The van der Waals surface area contributed by atoms with Crippen molar-refractivity contribution in [1.29, 1.82) is 0 Å². The molecule has 0 saturated heterocycles. The molecule has 0 aliphatic rings. The van der Waals surface area contributed by atoms with Gasteiger partial charge >= 0.3 is 39.5 Å². The van der Waals surface area contributed by atoms with Crippen molar-refractivity contribution < 1.29 is 80.2 Å². The lowest BCUT2D eigenvalue weighted by atomic mass is 10.1. The molecule has 0 amide bonds. The first kappa shape index (κ1) is 93.5. The van der Waals surface area contributed by atoms with Gasteiger partial charge in [0, 0.05) is 25.7 Å². The summed E-state index contributed by atoms with van der Waals surface area (Å²) >= 11 is 0. The van der Waals surface area contributed by atoms with Gasteiger partial charge in [0.1, 0.15) is 19.3 Å². The molecule has 17 nitrogen and oxygen atoms in total. The van der Waals surface area contributed by atoms with Crippen LogP contribution in [0, 0.1) is 0 Å². The lowest BCUT2D eigenvalue weighted by Gasteiger charge is -2.21. The molecule has 5 atom stereocenters. The van der Waals surface area contributed by atoms with Crippen molar-refractivity contribution in [3.05, 3.63) is 122 Å². The van der Waals surface area contributed by atoms with Crippen LogP contribution in [-0.2, 0) is 65.4 Å². The van der Waals surface area contributed by atoms with E-state index >= 15 is 0 Å². The first-order valence-corrected chi connectivity index (χ1v) is 40.8. The molecule has 0 bridgehead atoms. The normalized spacial score (nSPS) is 14.6. The van der Waals surface area contributed by atoms with E-state index < -0.39 is 97.5 Å². The largest absolute Gasteiger partial charge is 0.472 e. The summed E-state index contributed by atoms with van der Waals surface area (Å²) < 4.78 is 68.3. The third-order valence-corrected chi connectivity index (χ3v) is 17.3. The standard InChI is InChI=1S/C79H134O17P2/c1-5-9-13-17-21-25-29-31-33-35-36-38-40-42-46-48-52-56-60-64-77(82)90-70-75(96-79(84)66-62-58-54-50-44-28-24-20-16-12-8-4)72-94-98(87,88)92-68-73(80)67-91-97(85,86)93-71-74(95-78(83)65-61-57-53-49-43-27-23-19-15-11-7-3)69-89-76(81)63-59-55-51-47-45-41-39-37-34-32-30-26-22-18-14-10-6-2/h9-10,13-14,19-26,31-34,36,38-39,41,73-75,80H,5-8,11-12,15-18,27-30,35,37,40,42-72H2,1-4H3,(H,85,86)(H,87,88)/b13-9-,14-10-,23-19-,24-20-,25-21-,26-22-,33-31-,34-32-,38-36-,41-39-. The second-order valence-electron chi connectivity index (χ2n) is 24.8. The Morgan fingerprint density at radius 3 is 0.827 bits per heavy atom. The highest BCUT2D eigenvalue weighted by molar-refractivity contribution is 7.47. The molecule has 0 fully saturated rings. The van der Waals surface area contributed by atoms with Gasteiger partial charge in [-0.15, -0.1) is 0 Å². The highest BCUT2D eigenvalue weighted by Gasteiger charge is 2.30. The summed E-state index contributed by atoms with van der Waals surface area (Å²) in [7, 11) is -9.96. The lowest BCUT2D eigenvalue weighted by Crippen LogP contribution is -2.30. The molecule has 562 valence electrons. The van der Waals surface area contributed by atoms with E-state index in [1.807, 2.05) is 0 Å². The van der Waals surface area contributed by atoms with E-state index in [1.165, 1.54) is 25.7 Å². The Labute approximate surface area is 593 Å². The summed E-state index contributed by atoms with van der Waals surface area (Å²) in [6, 6.07) is 0. The molecule has 19 heteroatoms. The number of unbranched alkanes of at least 4 members (excludes halogenated alkanes) is 24. The molecule has 0 aromatic carbocycles. The van der Waals surface area contributed by atoms with Gasteiger partial charge in [0.2, 0.25) is 0 Å². The van der Waals surface area contributed by atoms with Gasteiger partial charge < -0.3 is 33.8 Å². The zero-order valence-corrected chi connectivity index (χ0v) is 63.0. The van der Waals surface area contributed by atoms with E-state index in [0.717, 1.165) is 193 Å². The Hall–Kier alpha value is -4.54. The van der Waals surface area contributed by atoms with Crippen LogP contribution in [-0.4, -0.2) is 96.7 Å². The van der Waals surface area contributed by atoms with Gasteiger partial charge in [-0.3, -0.25) is 37.3 Å². The maximum atomic E-state index is 13.1. The number of carbonyl (C=O) groups is 4. The van der Waals surface area contributed by atoms with E-state index in [-0.39, 0.29) is 25.7 Å². The van der Waals surface area contributed by atoms with Crippen molar-refractivity contribution in [1.82, 2.24) is 0 Å². The van der Waals surface area contributed by atoms with Crippen LogP contribution in [0.3, 0.4) is 0 Å². The van der Waals surface area contributed by atoms with Gasteiger partial charge in [0.15, 0.2) is 12.2 Å². The molecule has 0 aromatic rings. The van der Waals surface area contributed by atoms with E-state index in [9.17, 15) is 43.2 Å². The summed E-state index contributed by atoms with van der Waals surface area (Å²) in [5.74, 6) is -2.24. The number of esters is 4. The van der Waals surface area contributed by atoms with Crippen LogP contribution in [0.4, 0.5) is 0 Å². The zero-order chi connectivity index (χ0) is 71.8. The number of rotatable bonds is 70. The molecular formula is C79H134O17P2. The lowest BCUT2D eigenvalue weighted by molar-refractivity contribution is -0.161. The van der Waals surface area contributed by atoms with Crippen LogP contribution in [0.1, 0.15) is 297 Å². The van der Waals surface area contributed by atoms with Gasteiger partial charge in [-0.1, -0.05) is 252 Å². The number of aliphatic hydroxyl groups is 1. The molecule has 0 rings (SSSR count). The Morgan fingerprint density at radius 1 is 0.296 bits per heavy atom. The van der Waals surface area contributed by atoms with Crippen molar-refractivity contribution in [2.45, 2.75) is 316 Å². The highest BCUT2D eigenvalue weighted by Crippen LogP contribution is 2.45. The van der Waals surface area contributed by atoms with Gasteiger partial charge in [0.05, 0.1) is 26.4 Å². The summed E-state index contributed by atoms with van der Waals surface area (Å²) in [6.07, 6.45) is 76.3. The molecule has 0 aliphatic carbocycles. The highest BCUT2D eigenvalue weighted by atomic mass is 31.2. The minimum atomic E-state index is -4.98. The van der Waals surface area contributed by atoms with Gasteiger partial charge in [-0.2, -0.15) is 0 Å². The fourth-order valence-electron chi connectivity index (χ4n) is 9.63. The van der Waals surface area contributed by atoms with E-state index in [0.29, 0.717) is 25.7 Å². The molecule has 0 spiro atoms. The van der Waals surface area contributed by atoms with Crippen molar-refractivity contribution in [2.24, 2.45) is 0 Å². The molecule has 3 N–H and O–H groups in total. The average molecular weight is 1420 g/mol. The maximum absolute atomic E-state index is 13.1. The quantitative estimate of drug-likeness (QED) is 0.0169. The summed E-state index contributed by atoms with van der Waals surface area (Å²) in [5, 5.41) is 10.6. The number of ether oxygens (including phenoxy) is 4. The fraction of sp³-hybridized carbons (Fsp3) is 0.696. The van der Waals surface area contributed by atoms with E-state index in [1.54, 1.807) is 0 Å². The van der Waals surface area contributed by atoms with Gasteiger partial charge in [0.25, 0.3) is 0 Å². The number of allylic oxidation sites excluding steroid dienone is 20. The summed E-state index contributed by atoms with van der Waals surface area (Å²) in [6.45, 7) is 4.50. The third kappa shape index (κ3) is 69.9. The Kier molecular flexibility index (Phi) is 67.6. The molecule has 0 aliphatic heterocycles. The molecule has 0 saturated carbocycles.